The topological polar surface area (TPSA) is 37.6 Å². The van der Waals surface area contributed by atoms with E-state index in [1.54, 1.807) is 4.90 Å². The first-order valence-corrected chi connectivity index (χ1v) is 13.0. The second kappa shape index (κ2) is 10.0. The molecule has 5 heteroatoms. The van der Waals surface area contributed by atoms with E-state index in [1.807, 2.05) is 66.7 Å². The van der Waals surface area contributed by atoms with Gasteiger partial charge in [-0.15, -0.1) is 0 Å². The normalized spacial score (nSPS) is 15.9. The lowest BCUT2D eigenvalue weighted by atomic mass is 10.1. The second-order valence-corrected chi connectivity index (χ2v) is 9.92. The molecular weight excluding hydrogens is 462 g/mol. The predicted molar refractivity (Wildman–Crippen MR) is 152 cm³/mol. The number of anilines is 1. The van der Waals surface area contributed by atoms with Crippen molar-refractivity contribution in [2.75, 3.05) is 4.90 Å². The van der Waals surface area contributed by atoms with Crippen LogP contribution in [-0.4, -0.2) is 15.6 Å². The van der Waals surface area contributed by atoms with Crippen molar-refractivity contribution < 1.29 is 4.79 Å². The maximum atomic E-state index is 13.7. The van der Waals surface area contributed by atoms with Crippen LogP contribution in [0.5, 0.6) is 0 Å². The number of rotatable bonds is 5. The summed E-state index contributed by atoms with van der Waals surface area (Å²) in [5.74, 6) is -0.0594. The molecule has 0 N–H and O–H groups in total. The van der Waals surface area contributed by atoms with Gasteiger partial charge in [0, 0.05) is 11.4 Å². The standard InChI is InChI=1S/C31H29N3OS/c1-5-24-14-12-13-21(2)29(24)33-22(3)19-25(23(33)4)20-28-30(35)34(27-17-10-7-11-18-27)31(36-28)32-26-15-8-6-9-16-26/h6-20H,5H2,1-4H3/b28-20+,32-31?. The van der Waals surface area contributed by atoms with Crippen LogP contribution in [-0.2, 0) is 11.2 Å². The van der Waals surface area contributed by atoms with E-state index in [-0.39, 0.29) is 5.91 Å². The molecule has 0 unspecified atom stereocenters. The highest BCUT2D eigenvalue weighted by molar-refractivity contribution is 8.19. The summed E-state index contributed by atoms with van der Waals surface area (Å²) in [5, 5.41) is 0.657. The molecule has 1 aromatic heterocycles. The van der Waals surface area contributed by atoms with Crippen molar-refractivity contribution in [2.45, 2.75) is 34.1 Å². The third-order valence-electron chi connectivity index (χ3n) is 6.48. The van der Waals surface area contributed by atoms with Crippen LogP contribution in [0, 0.1) is 20.8 Å². The number of aliphatic imine (C=N–C) groups is 1. The number of thioether (sulfide) groups is 1. The van der Waals surface area contributed by atoms with Crippen molar-refractivity contribution in [1.29, 1.82) is 0 Å². The Morgan fingerprint density at radius 1 is 0.889 bits per heavy atom. The summed E-state index contributed by atoms with van der Waals surface area (Å²) in [4.78, 5) is 20.9. The third kappa shape index (κ3) is 4.42. The second-order valence-electron chi connectivity index (χ2n) is 8.91. The van der Waals surface area contributed by atoms with E-state index in [0.717, 1.165) is 34.7 Å². The van der Waals surface area contributed by atoms with Crippen LogP contribution in [0.4, 0.5) is 11.4 Å². The molecule has 1 amide bonds. The molecule has 2 heterocycles. The number of hydrogen-bond acceptors (Lipinski definition) is 3. The molecule has 4 nitrogen and oxygen atoms in total. The highest BCUT2D eigenvalue weighted by atomic mass is 32.2. The zero-order valence-corrected chi connectivity index (χ0v) is 21.8. The minimum absolute atomic E-state index is 0.0594. The van der Waals surface area contributed by atoms with Crippen LogP contribution in [0.3, 0.4) is 0 Å². The molecule has 5 rings (SSSR count). The summed E-state index contributed by atoms with van der Waals surface area (Å²) in [6.07, 6.45) is 2.98. The maximum absolute atomic E-state index is 13.7. The number of aryl methyl sites for hydroxylation is 3. The number of carbonyl (C=O) groups excluding carboxylic acids is 1. The summed E-state index contributed by atoms with van der Waals surface area (Å²) in [6.45, 7) is 8.60. The summed E-state index contributed by atoms with van der Waals surface area (Å²) >= 11 is 1.42. The fraction of sp³-hybridized carbons (Fsp3) is 0.161. The highest BCUT2D eigenvalue weighted by Gasteiger charge is 2.35. The van der Waals surface area contributed by atoms with Gasteiger partial charge in [-0.05, 0) is 92.1 Å². The molecule has 1 aliphatic heterocycles. The molecule has 0 radical (unpaired) electrons. The molecule has 0 saturated carbocycles. The van der Waals surface area contributed by atoms with E-state index in [1.165, 1.54) is 28.6 Å². The van der Waals surface area contributed by atoms with E-state index in [2.05, 4.69) is 56.5 Å². The molecule has 0 spiro atoms. The van der Waals surface area contributed by atoms with Gasteiger partial charge < -0.3 is 4.57 Å². The van der Waals surface area contributed by atoms with Crippen LogP contribution >= 0.6 is 11.8 Å². The van der Waals surface area contributed by atoms with E-state index in [0.29, 0.717) is 10.1 Å². The summed E-state index contributed by atoms with van der Waals surface area (Å²) in [5.41, 5.74) is 8.74. The summed E-state index contributed by atoms with van der Waals surface area (Å²) in [6, 6.07) is 28.1. The van der Waals surface area contributed by atoms with Crippen molar-refractivity contribution in [2.24, 2.45) is 4.99 Å². The van der Waals surface area contributed by atoms with Gasteiger partial charge in [-0.3, -0.25) is 9.69 Å². The van der Waals surface area contributed by atoms with Crippen LogP contribution < -0.4 is 4.90 Å². The molecule has 1 fully saturated rings. The van der Waals surface area contributed by atoms with E-state index >= 15 is 0 Å². The van der Waals surface area contributed by atoms with Crippen molar-refractivity contribution in [1.82, 2.24) is 4.57 Å². The number of benzene rings is 3. The van der Waals surface area contributed by atoms with E-state index in [4.69, 9.17) is 4.99 Å². The van der Waals surface area contributed by atoms with Crippen LogP contribution in [0.1, 0.15) is 35.0 Å². The highest BCUT2D eigenvalue weighted by Crippen LogP contribution is 2.38. The lowest BCUT2D eigenvalue weighted by molar-refractivity contribution is -0.113. The molecule has 3 aromatic carbocycles. The van der Waals surface area contributed by atoms with E-state index < -0.39 is 0 Å². The van der Waals surface area contributed by atoms with Gasteiger partial charge >= 0.3 is 0 Å². The Labute approximate surface area is 217 Å². The molecule has 0 aliphatic carbocycles. The number of para-hydroxylation sites is 3. The number of nitrogens with zero attached hydrogens (tertiary/aromatic N) is 3. The van der Waals surface area contributed by atoms with Gasteiger partial charge in [0.25, 0.3) is 5.91 Å². The quantitative estimate of drug-likeness (QED) is 0.267. The first-order chi connectivity index (χ1) is 17.5. The monoisotopic (exact) mass is 491 g/mol. The SMILES string of the molecule is CCc1cccc(C)c1-n1c(C)cc(/C=C2/SC(=Nc3ccccc3)N(c3ccccc3)C2=O)c1C. The van der Waals surface area contributed by atoms with Gasteiger partial charge in [0.1, 0.15) is 0 Å². The van der Waals surface area contributed by atoms with Crippen molar-refractivity contribution in [3.63, 3.8) is 0 Å². The maximum Gasteiger partial charge on any atom is 0.271 e. The Morgan fingerprint density at radius 2 is 1.58 bits per heavy atom. The number of aromatic nitrogens is 1. The van der Waals surface area contributed by atoms with Crippen molar-refractivity contribution in [3.05, 3.63) is 118 Å². The molecule has 1 aliphatic rings. The van der Waals surface area contributed by atoms with Gasteiger partial charge in [0.15, 0.2) is 5.17 Å². The van der Waals surface area contributed by atoms with Crippen molar-refractivity contribution in [3.8, 4) is 5.69 Å². The first kappa shape index (κ1) is 23.9. The average molecular weight is 492 g/mol. The molecule has 0 bridgehead atoms. The van der Waals surface area contributed by atoms with Crippen molar-refractivity contribution >= 4 is 40.3 Å². The average Bonchev–Trinajstić information content (AvgIpc) is 3.34. The largest absolute Gasteiger partial charge is 0.317 e. The molecule has 180 valence electrons. The van der Waals surface area contributed by atoms with E-state index in [9.17, 15) is 4.79 Å². The fourth-order valence-electron chi connectivity index (χ4n) is 4.71. The summed E-state index contributed by atoms with van der Waals surface area (Å²) in [7, 11) is 0. The zero-order valence-electron chi connectivity index (χ0n) is 21.0. The first-order valence-electron chi connectivity index (χ1n) is 12.2. The molecule has 36 heavy (non-hydrogen) atoms. The minimum atomic E-state index is -0.0594. The van der Waals surface area contributed by atoms with Gasteiger partial charge in [0.05, 0.1) is 22.0 Å². The lowest BCUT2D eigenvalue weighted by Crippen LogP contribution is -2.28. The number of amidine groups is 1. The Morgan fingerprint density at radius 3 is 2.28 bits per heavy atom. The Kier molecular flexibility index (Phi) is 6.66. The Balaban J connectivity index is 1.59. The fourth-order valence-corrected chi connectivity index (χ4v) is 5.70. The van der Waals surface area contributed by atoms with Gasteiger partial charge in [-0.25, -0.2) is 4.99 Å². The molecular formula is C31H29N3OS. The summed E-state index contributed by atoms with van der Waals surface area (Å²) < 4.78 is 2.32. The van der Waals surface area contributed by atoms with Gasteiger partial charge in [-0.2, -0.15) is 0 Å². The van der Waals surface area contributed by atoms with Crippen LogP contribution in [0.25, 0.3) is 11.8 Å². The van der Waals surface area contributed by atoms with Gasteiger partial charge in [-0.1, -0.05) is 61.5 Å². The number of hydrogen-bond donors (Lipinski definition) is 0. The smallest absolute Gasteiger partial charge is 0.271 e. The predicted octanol–water partition coefficient (Wildman–Crippen LogP) is 7.77. The minimum Gasteiger partial charge on any atom is -0.317 e. The van der Waals surface area contributed by atoms with Crippen LogP contribution in [0.15, 0.2) is 94.8 Å². The van der Waals surface area contributed by atoms with Crippen LogP contribution in [0.2, 0.25) is 0 Å². The lowest BCUT2D eigenvalue weighted by Gasteiger charge is -2.17. The Bertz CT molecular complexity index is 1480. The third-order valence-corrected chi connectivity index (χ3v) is 7.45. The molecule has 0 atom stereocenters. The number of carbonyl (C=O) groups is 1. The zero-order chi connectivity index (χ0) is 25.2. The van der Waals surface area contributed by atoms with Gasteiger partial charge in [0.2, 0.25) is 0 Å². The molecule has 1 saturated heterocycles. The Hall–Kier alpha value is -3.83. The number of amides is 1. The molecule has 4 aromatic rings.